The normalized spacial score (nSPS) is 11.2. The SMILES string of the molecule is Cc1ccc(Oc2ccc(C(=O)c3ccc(Oc4ccc(Sc5ccc(Oc6ccc(C(=O)c7ccc(C)c(SOOO)c7)cc6S(=O)(=O)O)cc5)cc4)cc3)cc2)cc1. The first-order valence-electron chi connectivity index (χ1n) is 18.1. The van der Waals surface area contributed by atoms with E-state index in [1.165, 1.54) is 30.0 Å². The van der Waals surface area contributed by atoms with Gasteiger partial charge < -0.3 is 14.2 Å². The highest BCUT2D eigenvalue weighted by molar-refractivity contribution is 7.99. The van der Waals surface area contributed by atoms with Crippen LogP contribution >= 0.6 is 23.8 Å². The lowest BCUT2D eigenvalue weighted by atomic mass is 10.0. The number of carbonyl (C=O) groups excluding carboxylic acids is 2. The van der Waals surface area contributed by atoms with E-state index in [0.29, 0.717) is 51.1 Å². The Labute approximate surface area is 354 Å². The highest BCUT2D eigenvalue weighted by Crippen LogP contribution is 2.35. The van der Waals surface area contributed by atoms with Crippen molar-refractivity contribution in [3.8, 4) is 34.5 Å². The Morgan fingerprint density at radius 1 is 0.517 bits per heavy atom. The van der Waals surface area contributed by atoms with Gasteiger partial charge in [0, 0.05) is 36.9 Å². The Balaban J connectivity index is 0.939. The molecule has 302 valence electrons. The van der Waals surface area contributed by atoms with Gasteiger partial charge in [-0.15, -0.1) is 4.33 Å². The van der Waals surface area contributed by atoms with Gasteiger partial charge in [0.15, 0.2) is 11.6 Å². The second-order valence-corrected chi connectivity index (χ2v) is 16.5. The summed E-state index contributed by atoms with van der Waals surface area (Å²) in [5, 5.41) is 12.1. The van der Waals surface area contributed by atoms with Crippen LogP contribution in [0.2, 0.25) is 0 Å². The largest absolute Gasteiger partial charge is 0.457 e. The quantitative estimate of drug-likeness (QED) is 0.0312. The van der Waals surface area contributed by atoms with Gasteiger partial charge in [-0.2, -0.15) is 8.42 Å². The summed E-state index contributed by atoms with van der Waals surface area (Å²) in [4.78, 5) is 28.1. The molecule has 0 aliphatic carbocycles. The van der Waals surface area contributed by atoms with E-state index in [4.69, 9.17) is 19.5 Å². The highest BCUT2D eigenvalue weighted by Gasteiger charge is 2.22. The molecule has 0 bridgehead atoms. The molecule has 0 saturated heterocycles. The number of carbonyl (C=O) groups is 2. The molecule has 0 spiro atoms. The van der Waals surface area contributed by atoms with Crippen LogP contribution in [0.25, 0.3) is 0 Å². The number of benzene rings is 7. The van der Waals surface area contributed by atoms with Crippen molar-refractivity contribution < 1.29 is 51.4 Å². The first-order chi connectivity index (χ1) is 28.9. The molecule has 0 amide bonds. The molecule has 2 N–H and O–H groups in total. The maximum atomic E-state index is 13.3. The Morgan fingerprint density at radius 3 is 1.43 bits per heavy atom. The van der Waals surface area contributed by atoms with E-state index in [2.05, 4.69) is 9.37 Å². The third-order valence-electron chi connectivity index (χ3n) is 8.92. The minimum Gasteiger partial charge on any atom is -0.457 e. The minimum atomic E-state index is -4.79. The van der Waals surface area contributed by atoms with Gasteiger partial charge in [-0.3, -0.25) is 14.1 Å². The summed E-state index contributed by atoms with van der Waals surface area (Å²) in [6.07, 6.45) is 0. The lowest BCUT2D eigenvalue weighted by molar-refractivity contribution is -0.432. The molecule has 0 saturated carbocycles. The smallest absolute Gasteiger partial charge is 0.298 e. The topological polar surface area (TPSA) is 155 Å². The lowest BCUT2D eigenvalue weighted by Gasteiger charge is -2.12. The molecule has 0 radical (unpaired) electrons. The molecule has 60 heavy (non-hydrogen) atoms. The fraction of sp³-hybridized carbons (Fsp3) is 0.0435. The average molecular weight is 859 g/mol. The highest BCUT2D eigenvalue weighted by atomic mass is 32.2. The summed E-state index contributed by atoms with van der Waals surface area (Å²) in [5.41, 5.74) is 3.15. The summed E-state index contributed by atoms with van der Waals surface area (Å²) in [5.74, 6) is 2.03. The molecule has 0 aliphatic heterocycles. The number of ketones is 2. The second kappa shape index (κ2) is 18.8. The van der Waals surface area contributed by atoms with Crippen LogP contribution < -0.4 is 14.2 Å². The second-order valence-electron chi connectivity index (χ2n) is 13.2. The summed E-state index contributed by atoms with van der Waals surface area (Å²) < 4.78 is 57.0. The van der Waals surface area contributed by atoms with Crippen molar-refractivity contribution in [2.24, 2.45) is 0 Å². The Bertz CT molecular complexity index is 2740. The van der Waals surface area contributed by atoms with Crippen LogP contribution in [0.15, 0.2) is 177 Å². The third kappa shape index (κ3) is 10.7. The van der Waals surface area contributed by atoms with Crippen LogP contribution in [0.5, 0.6) is 34.5 Å². The van der Waals surface area contributed by atoms with Crippen molar-refractivity contribution in [2.45, 2.75) is 33.4 Å². The van der Waals surface area contributed by atoms with Crippen LogP contribution in [-0.4, -0.2) is 29.8 Å². The van der Waals surface area contributed by atoms with Gasteiger partial charge in [-0.05, 0) is 153 Å². The van der Waals surface area contributed by atoms with E-state index in [9.17, 15) is 22.6 Å². The monoisotopic (exact) mass is 858 g/mol. The molecule has 7 aromatic carbocycles. The average Bonchev–Trinajstić information content (AvgIpc) is 3.25. The first-order valence-corrected chi connectivity index (χ1v) is 21.1. The van der Waals surface area contributed by atoms with E-state index < -0.39 is 20.8 Å². The van der Waals surface area contributed by atoms with Crippen LogP contribution in [0.4, 0.5) is 0 Å². The van der Waals surface area contributed by atoms with Crippen molar-refractivity contribution >= 4 is 45.5 Å². The van der Waals surface area contributed by atoms with Crippen molar-refractivity contribution in [2.75, 3.05) is 0 Å². The molecular weight excluding hydrogens is 825 g/mol. The number of ether oxygens (including phenoxy) is 3. The first kappa shape index (κ1) is 41.9. The molecule has 0 atom stereocenters. The van der Waals surface area contributed by atoms with Gasteiger partial charge in [0.1, 0.15) is 39.4 Å². The Hall–Kier alpha value is -6.23. The Morgan fingerprint density at radius 2 is 0.933 bits per heavy atom. The summed E-state index contributed by atoms with van der Waals surface area (Å²) in [6.45, 7) is 3.77. The van der Waals surface area contributed by atoms with Crippen molar-refractivity contribution in [1.82, 2.24) is 0 Å². The molecule has 7 rings (SSSR count). The van der Waals surface area contributed by atoms with Gasteiger partial charge in [0.25, 0.3) is 10.1 Å². The van der Waals surface area contributed by atoms with Gasteiger partial charge in [0.2, 0.25) is 0 Å². The number of rotatable bonds is 16. The lowest BCUT2D eigenvalue weighted by Crippen LogP contribution is -2.07. The zero-order valence-corrected chi connectivity index (χ0v) is 34.3. The molecular formula is C46H34O11S3. The molecule has 7 aromatic rings. The summed E-state index contributed by atoms with van der Waals surface area (Å²) in [7, 11) is -4.79. The number of hydrogen-bond acceptors (Lipinski definition) is 12. The minimum absolute atomic E-state index is 0.00865. The third-order valence-corrected chi connectivity index (χ3v) is 11.6. The summed E-state index contributed by atoms with van der Waals surface area (Å²) >= 11 is 2.17. The molecule has 0 fully saturated rings. The van der Waals surface area contributed by atoms with Gasteiger partial charge in [0.05, 0.1) is 12.0 Å². The molecule has 14 heteroatoms. The molecule has 0 aliphatic rings. The van der Waals surface area contributed by atoms with Gasteiger partial charge >= 0.3 is 0 Å². The number of hydrogen-bond donors (Lipinski definition) is 2. The zero-order valence-electron chi connectivity index (χ0n) is 31.8. The fourth-order valence-corrected chi connectivity index (χ4v) is 7.73. The van der Waals surface area contributed by atoms with Crippen LogP contribution in [0.1, 0.15) is 43.0 Å². The Kier molecular flexibility index (Phi) is 13.1. The van der Waals surface area contributed by atoms with Crippen molar-refractivity contribution in [3.63, 3.8) is 0 Å². The van der Waals surface area contributed by atoms with Crippen molar-refractivity contribution in [1.29, 1.82) is 0 Å². The molecule has 0 aromatic heterocycles. The van der Waals surface area contributed by atoms with E-state index >= 15 is 0 Å². The van der Waals surface area contributed by atoms with Gasteiger partial charge in [-0.25, -0.2) is 5.26 Å². The maximum Gasteiger partial charge on any atom is 0.298 e. The van der Waals surface area contributed by atoms with Crippen molar-refractivity contribution in [3.05, 3.63) is 191 Å². The molecule has 11 nitrogen and oxygen atoms in total. The zero-order chi connectivity index (χ0) is 42.2. The van der Waals surface area contributed by atoms with E-state index in [1.807, 2.05) is 55.5 Å². The molecule has 0 unspecified atom stereocenters. The van der Waals surface area contributed by atoms with E-state index in [0.717, 1.165) is 32.7 Å². The predicted octanol–water partition coefficient (Wildman–Crippen LogP) is 12.0. The van der Waals surface area contributed by atoms with E-state index in [-0.39, 0.29) is 22.7 Å². The predicted molar refractivity (Wildman–Crippen MR) is 226 cm³/mol. The number of aryl methyl sites for hydroxylation is 2. The van der Waals surface area contributed by atoms with E-state index in [1.54, 1.807) is 91.9 Å². The van der Waals surface area contributed by atoms with Crippen LogP contribution in [0, 0.1) is 13.8 Å². The summed E-state index contributed by atoms with van der Waals surface area (Å²) in [6, 6.07) is 44.5. The van der Waals surface area contributed by atoms with Crippen LogP contribution in [0.3, 0.4) is 0 Å². The fourth-order valence-electron chi connectivity index (χ4n) is 5.79. The van der Waals surface area contributed by atoms with Gasteiger partial charge in [-0.1, -0.05) is 46.6 Å². The standard InChI is InChI=1S/C46H34O11S3/c1-29-3-12-35(13-4-29)53-36-14-7-31(8-15-36)45(47)32-9-16-37(17-10-32)54-38-18-22-40(23-19-38)58-41-24-20-39(21-25-41)55-42-26-11-34(28-44(42)60(50,51)52)46(48)33-6-5-30(2)43(27-33)59-57-56-49/h3-28,49H,1-2H3,(H,50,51,52). The molecule has 0 heterocycles. The maximum absolute atomic E-state index is 13.3. The van der Waals surface area contributed by atoms with Crippen LogP contribution in [-0.2, 0) is 19.5 Å².